The van der Waals surface area contributed by atoms with Gasteiger partial charge >= 0.3 is 0 Å². The van der Waals surface area contributed by atoms with E-state index in [1.165, 1.54) is 33.4 Å². The van der Waals surface area contributed by atoms with Crippen LogP contribution in [0, 0.1) is 0 Å². The fourth-order valence-electron chi connectivity index (χ4n) is 7.47. The number of rotatable bonds is 5. The SMILES string of the molecule is C1=CCCC(c2cccc(-c3nc(C4=CC=C5c6c(cccc6-c6ccccc6)OC5C4)nc(-c4ccc5c(c4)oc4ccccc45)n3)c2)=C1. The summed E-state index contributed by atoms with van der Waals surface area (Å²) in [5, 5.41) is 2.17. The highest BCUT2D eigenvalue weighted by Crippen LogP contribution is 2.47. The molecule has 238 valence electrons. The number of hydrogen-bond donors (Lipinski definition) is 0. The van der Waals surface area contributed by atoms with Crippen molar-refractivity contribution in [3.8, 4) is 39.7 Å². The average molecular weight is 646 g/mol. The Bertz CT molecular complexity index is 2610. The molecule has 50 heavy (non-hydrogen) atoms. The Hall–Kier alpha value is -6.33. The lowest BCUT2D eigenvalue weighted by Crippen LogP contribution is -2.16. The van der Waals surface area contributed by atoms with E-state index in [4.69, 9.17) is 24.1 Å². The van der Waals surface area contributed by atoms with Crippen molar-refractivity contribution in [3.63, 3.8) is 0 Å². The van der Waals surface area contributed by atoms with Gasteiger partial charge in [0, 0.05) is 45.0 Å². The Balaban J connectivity index is 1.10. The van der Waals surface area contributed by atoms with E-state index in [1.807, 2.05) is 30.3 Å². The second-order valence-corrected chi connectivity index (χ2v) is 13.0. The number of allylic oxidation sites excluding steroid dienone is 6. The highest BCUT2D eigenvalue weighted by molar-refractivity contribution is 6.05. The van der Waals surface area contributed by atoms with Crippen LogP contribution in [0.3, 0.4) is 0 Å². The summed E-state index contributed by atoms with van der Waals surface area (Å²) in [7, 11) is 0. The van der Waals surface area contributed by atoms with Gasteiger partial charge in [-0.05, 0) is 65.4 Å². The molecule has 0 spiro atoms. The second-order valence-electron chi connectivity index (χ2n) is 13.0. The van der Waals surface area contributed by atoms with Crippen LogP contribution in [0.2, 0.25) is 0 Å². The second kappa shape index (κ2) is 11.7. The van der Waals surface area contributed by atoms with Crippen molar-refractivity contribution in [1.82, 2.24) is 15.0 Å². The number of fused-ring (bicyclic) bond motifs is 6. The molecule has 5 nitrogen and oxygen atoms in total. The zero-order valence-corrected chi connectivity index (χ0v) is 27.2. The first-order chi connectivity index (χ1) is 24.7. The molecule has 10 rings (SSSR count). The highest BCUT2D eigenvalue weighted by Gasteiger charge is 2.34. The molecular weight excluding hydrogens is 615 g/mol. The topological polar surface area (TPSA) is 61.0 Å². The van der Waals surface area contributed by atoms with Gasteiger partial charge in [-0.1, -0.05) is 115 Å². The molecular formula is C45H31N3O2. The quantitative estimate of drug-likeness (QED) is 0.186. The lowest BCUT2D eigenvalue weighted by Gasteiger charge is -2.19. The van der Waals surface area contributed by atoms with E-state index in [0.29, 0.717) is 23.9 Å². The van der Waals surface area contributed by atoms with Crippen molar-refractivity contribution in [3.05, 3.63) is 163 Å². The molecule has 0 bridgehead atoms. The Morgan fingerprint density at radius 2 is 1.32 bits per heavy atom. The van der Waals surface area contributed by atoms with E-state index in [-0.39, 0.29) is 6.10 Å². The van der Waals surface area contributed by atoms with Gasteiger partial charge in [0.25, 0.3) is 0 Å². The number of para-hydroxylation sites is 1. The molecule has 0 radical (unpaired) electrons. The molecule has 0 saturated carbocycles. The van der Waals surface area contributed by atoms with Gasteiger partial charge in [0.2, 0.25) is 0 Å². The Morgan fingerprint density at radius 1 is 0.560 bits per heavy atom. The molecule has 1 unspecified atom stereocenters. The van der Waals surface area contributed by atoms with Crippen molar-refractivity contribution in [2.24, 2.45) is 0 Å². The molecule has 2 aromatic heterocycles. The number of furan rings is 1. The largest absolute Gasteiger partial charge is 0.485 e. The maximum atomic E-state index is 6.61. The van der Waals surface area contributed by atoms with Gasteiger partial charge in [-0.15, -0.1) is 0 Å². The molecule has 1 atom stereocenters. The first kappa shape index (κ1) is 28.7. The normalized spacial score (nSPS) is 16.4. The van der Waals surface area contributed by atoms with Crippen LogP contribution in [-0.4, -0.2) is 21.1 Å². The number of aromatic nitrogens is 3. The van der Waals surface area contributed by atoms with Gasteiger partial charge in [0.15, 0.2) is 17.5 Å². The summed E-state index contributed by atoms with van der Waals surface area (Å²) in [6.07, 6.45) is 13.5. The van der Waals surface area contributed by atoms with Crippen molar-refractivity contribution in [2.75, 3.05) is 0 Å². The Labute approximate surface area is 289 Å². The van der Waals surface area contributed by atoms with E-state index >= 15 is 0 Å². The molecule has 7 aromatic rings. The van der Waals surface area contributed by atoms with Gasteiger partial charge in [0.1, 0.15) is 23.0 Å². The molecule has 0 amide bonds. The van der Waals surface area contributed by atoms with E-state index < -0.39 is 0 Å². The maximum absolute atomic E-state index is 6.61. The van der Waals surface area contributed by atoms with Crippen molar-refractivity contribution >= 4 is 38.7 Å². The Morgan fingerprint density at radius 3 is 2.20 bits per heavy atom. The standard InChI is InChI=1S/C45H31N3O2/c1-3-11-28(12-4-1)30-15-9-16-31(25-30)43-46-44(32-21-23-36-35-17-7-8-19-38(35)49-40(36)26-32)48-45(47-43)33-22-24-37-41(27-33)50-39-20-10-18-34(42(37)39)29-13-5-2-6-14-29/h1-3,5-11,13-26,41H,4,12,27H2. The molecule has 5 aromatic carbocycles. The molecule has 1 aliphatic heterocycles. The molecule has 3 heterocycles. The van der Waals surface area contributed by atoms with Crippen LogP contribution < -0.4 is 4.74 Å². The van der Waals surface area contributed by atoms with Crippen LogP contribution in [0.5, 0.6) is 5.75 Å². The van der Waals surface area contributed by atoms with Crippen LogP contribution in [-0.2, 0) is 0 Å². The van der Waals surface area contributed by atoms with Gasteiger partial charge in [-0.25, -0.2) is 15.0 Å². The summed E-state index contributed by atoms with van der Waals surface area (Å²) in [5.41, 5.74) is 11.7. The number of nitrogens with zero attached hydrogens (tertiary/aromatic N) is 3. The summed E-state index contributed by atoms with van der Waals surface area (Å²) in [4.78, 5) is 15.3. The fraction of sp³-hybridized carbons (Fsp3) is 0.0889. The third kappa shape index (κ3) is 4.89. The summed E-state index contributed by atoms with van der Waals surface area (Å²) >= 11 is 0. The highest BCUT2D eigenvalue weighted by atomic mass is 16.5. The summed E-state index contributed by atoms with van der Waals surface area (Å²) < 4.78 is 12.9. The third-order valence-electron chi connectivity index (χ3n) is 9.95. The smallest absolute Gasteiger partial charge is 0.164 e. The van der Waals surface area contributed by atoms with Gasteiger partial charge < -0.3 is 9.15 Å². The zero-order chi connectivity index (χ0) is 33.0. The van der Waals surface area contributed by atoms with E-state index in [9.17, 15) is 0 Å². The number of benzene rings is 5. The van der Waals surface area contributed by atoms with Crippen molar-refractivity contribution in [2.45, 2.75) is 25.4 Å². The van der Waals surface area contributed by atoms with Crippen molar-refractivity contribution in [1.29, 1.82) is 0 Å². The van der Waals surface area contributed by atoms with Gasteiger partial charge in [0.05, 0.1) is 0 Å². The maximum Gasteiger partial charge on any atom is 0.164 e. The summed E-state index contributed by atoms with van der Waals surface area (Å²) in [5.74, 6) is 2.81. The molecule has 0 saturated heterocycles. The van der Waals surface area contributed by atoms with Crippen LogP contribution >= 0.6 is 0 Å². The van der Waals surface area contributed by atoms with Gasteiger partial charge in [-0.2, -0.15) is 0 Å². The first-order valence-electron chi connectivity index (χ1n) is 17.2. The first-order valence-corrected chi connectivity index (χ1v) is 17.2. The molecule has 2 aliphatic carbocycles. The molecule has 3 aliphatic rings. The van der Waals surface area contributed by atoms with Crippen LogP contribution in [0.15, 0.2) is 150 Å². The fourth-order valence-corrected chi connectivity index (χ4v) is 7.47. The lowest BCUT2D eigenvalue weighted by molar-refractivity contribution is 0.281. The van der Waals surface area contributed by atoms with Crippen LogP contribution in [0.4, 0.5) is 0 Å². The minimum Gasteiger partial charge on any atom is -0.485 e. The average Bonchev–Trinajstić information content (AvgIpc) is 3.76. The Kier molecular flexibility index (Phi) is 6.69. The number of ether oxygens (including phenoxy) is 1. The van der Waals surface area contributed by atoms with Crippen LogP contribution in [0.1, 0.15) is 36.2 Å². The zero-order valence-electron chi connectivity index (χ0n) is 27.2. The predicted molar refractivity (Wildman–Crippen MR) is 201 cm³/mol. The minimum atomic E-state index is -0.125. The molecule has 0 fully saturated rings. The molecule has 5 heteroatoms. The van der Waals surface area contributed by atoms with Gasteiger partial charge in [-0.3, -0.25) is 0 Å². The monoisotopic (exact) mass is 645 g/mol. The minimum absolute atomic E-state index is 0.125. The predicted octanol–water partition coefficient (Wildman–Crippen LogP) is 11.1. The van der Waals surface area contributed by atoms with Crippen LogP contribution in [0.25, 0.3) is 72.6 Å². The summed E-state index contributed by atoms with van der Waals surface area (Å²) in [6.45, 7) is 0. The van der Waals surface area contributed by atoms with E-state index in [0.717, 1.165) is 57.2 Å². The van der Waals surface area contributed by atoms with Crippen molar-refractivity contribution < 1.29 is 9.15 Å². The summed E-state index contributed by atoms with van der Waals surface area (Å²) in [6, 6.07) is 39.7. The number of hydrogen-bond acceptors (Lipinski definition) is 5. The van der Waals surface area contributed by atoms with E-state index in [2.05, 4.69) is 115 Å². The lowest BCUT2D eigenvalue weighted by atomic mass is 9.88. The third-order valence-corrected chi connectivity index (χ3v) is 9.95. The van der Waals surface area contributed by atoms with E-state index in [1.54, 1.807) is 0 Å². The molecule has 0 N–H and O–H groups in total.